The van der Waals surface area contributed by atoms with Crippen molar-refractivity contribution in [2.75, 3.05) is 6.54 Å². The number of amides is 2. The first kappa shape index (κ1) is 21.3. The van der Waals surface area contributed by atoms with Crippen molar-refractivity contribution in [1.82, 2.24) is 10.4 Å². The first-order chi connectivity index (χ1) is 14.6. The van der Waals surface area contributed by atoms with Crippen LogP contribution in [0.5, 0.6) is 0 Å². The Morgan fingerprint density at radius 1 is 1.19 bits per heavy atom. The van der Waals surface area contributed by atoms with Gasteiger partial charge in [0.2, 0.25) is 5.91 Å². The number of benzene rings is 2. The summed E-state index contributed by atoms with van der Waals surface area (Å²) in [7, 11) is 0. The van der Waals surface area contributed by atoms with Crippen LogP contribution in [-0.2, 0) is 30.4 Å². The summed E-state index contributed by atoms with van der Waals surface area (Å²) >= 11 is 0. The second kappa shape index (κ2) is 7.64. The van der Waals surface area contributed by atoms with Crippen LogP contribution in [0, 0.1) is 11.2 Å². The lowest BCUT2D eigenvalue weighted by Gasteiger charge is -2.34. The summed E-state index contributed by atoms with van der Waals surface area (Å²) in [5.74, 6) is -2.16. The summed E-state index contributed by atoms with van der Waals surface area (Å²) < 4.78 is 52.2. The predicted octanol–water partition coefficient (Wildman–Crippen LogP) is 3.87. The Morgan fingerprint density at radius 2 is 1.97 bits per heavy atom. The number of carbonyl (C=O) groups is 2. The van der Waals surface area contributed by atoms with Crippen molar-refractivity contribution >= 4 is 11.8 Å². The Hall–Kier alpha value is -2.94. The van der Waals surface area contributed by atoms with Gasteiger partial charge in [0.1, 0.15) is 5.82 Å². The lowest BCUT2D eigenvalue weighted by molar-refractivity contribution is -0.140. The molecule has 2 aliphatic rings. The molecule has 0 bridgehead atoms. The van der Waals surface area contributed by atoms with Crippen molar-refractivity contribution in [2.45, 2.75) is 38.4 Å². The maximum atomic E-state index is 13.9. The first-order valence-corrected chi connectivity index (χ1v) is 9.85. The number of hydrogen-bond acceptors (Lipinski definition) is 3. The quantitative estimate of drug-likeness (QED) is 0.436. The van der Waals surface area contributed by atoms with Crippen LogP contribution in [0.2, 0.25) is 0 Å². The van der Waals surface area contributed by atoms with Gasteiger partial charge in [-0.3, -0.25) is 14.8 Å². The van der Waals surface area contributed by atoms with E-state index in [1.807, 2.05) is 6.07 Å². The van der Waals surface area contributed by atoms with E-state index in [2.05, 4.69) is 0 Å². The Morgan fingerprint density at radius 3 is 2.65 bits per heavy atom. The monoisotopic (exact) mass is 436 g/mol. The van der Waals surface area contributed by atoms with E-state index in [0.29, 0.717) is 43.9 Å². The largest absolute Gasteiger partial charge is 0.419 e. The van der Waals surface area contributed by atoms with Crippen LogP contribution in [0.4, 0.5) is 17.6 Å². The molecule has 2 amide bonds. The van der Waals surface area contributed by atoms with Crippen molar-refractivity contribution in [1.29, 1.82) is 0 Å². The molecular formula is C22H20F4N2O3. The number of alkyl halides is 3. The molecule has 164 valence electrons. The van der Waals surface area contributed by atoms with Crippen molar-refractivity contribution in [3.8, 4) is 0 Å². The van der Waals surface area contributed by atoms with Gasteiger partial charge >= 0.3 is 6.18 Å². The number of hydroxylamine groups is 1. The van der Waals surface area contributed by atoms with E-state index in [1.165, 1.54) is 11.0 Å². The minimum Gasteiger partial charge on any atom is -0.338 e. The van der Waals surface area contributed by atoms with E-state index in [1.54, 1.807) is 17.6 Å². The topological polar surface area (TPSA) is 69.6 Å². The maximum absolute atomic E-state index is 13.9. The Kier molecular flexibility index (Phi) is 5.25. The van der Waals surface area contributed by atoms with Crippen LogP contribution in [-0.4, -0.2) is 28.5 Å². The van der Waals surface area contributed by atoms with Crippen molar-refractivity contribution < 1.29 is 32.4 Å². The average molecular weight is 436 g/mol. The molecule has 0 saturated carbocycles. The number of fused-ring (bicyclic) bond motifs is 1. The van der Waals surface area contributed by atoms with E-state index in [0.717, 1.165) is 17.2 Å². The molecule has 0 aromatic heterocycles. The SMILES string of the molecule is O=C(NO)c1cccc2c1CC1(CC2)CCN(Cc2ccc(C(F)(F)F)c(F)c2)C1=O. The third-order valence-electron chi connectivity index (χ3n) is 6.32. The zero-order chi connectivity index (χ0) is 22.4. The highest BCUT2D eigenvalue weighted by Crippen LogP contribution is 2.45. The molecule has 1 saturated heterocycles. The van der Waals surface area contributed by atoms with Crippen LogP contribution in [0.15, 0.2) is 36.4 Å². The maximum Gasteiger partial charge on any atom is 0.419 e. The van der Waals surface area contributed by atoms with E-state index < -0.39 is 28.9 Å². The van der Waals surface area contributed by atoms with Crippen LogP contribution < -0.4 is 5.48 Å². The number of nitrogens with one attached hydrogen (secondary N) is 1. The van der Waals surface area contributed by atoms with E-state index >= 15 is 0 Å². The molecule has 9 heteroatoms. The Balaban J connectivity index is 1.55. The Bertz CT molecular complexity index is 1050. The zero-order valence-electron chi connectivity index (χ0n) is 16.4. The lowest BCUT2D eigenvalue weighted by Crippen LogP contribution is -2.39. The summed E-state index contributed by atoms with van der Waals surface area (Å²) in [6.07, 6.45) is -2.73. The van der Waals surface area contributed by atoms with Gasteiger partial charge in [0.15, 0.2) is 0 Å². The summed E-state index contributed by atoms with van der Waals surface area (Å²) in [6, 6.07) is 7.90. The van der Waals surface area contributed by atoms with Crippen LogP contribution in [0.1, 0.15) is 45.5 Å². The molecular weight excluding hydrogens is 416 g/mol. The van der Waals surface area contributed by atoms with Crippen LogP contribution in [0.25, 0.3) is 0 Å². The summed E-state index contributed by atoms with van der Waals surface area (Å²) in [4.78, 5) is 26.8. The summed E-state index contributed by atoms with van der Waals surface area (Å²) in [6.45, 7) is 0.409. The normalized spacial score (nSPS) is 20.8. The number of aryl methyl sites for hydroxylation is 1. The number of rotatable bonds is 3. The molecule has 1 aliphatic carbocycles. The van der Waals surface area contributed by atoms with Gasteiger partial charge in [-0.05, 0) is 60.6 Å². The number of halogens is 4. The molecule has 1 fully saturated rings. The number of carbonyl (C=O) groups excluding carboxylic acids is 2. The minimum absolute atomic E-state index is 0.0151. The van der Waals surface area contributed by atoms with E-state index in [4.69, 9.17) is 5.21 Å². The third-order valence-corrected chi connectivity index (χ3v) is 6.32. The predicted molar refractivity (Wildman–Crippen MR) is 102 cm³/mol. The van der Waals surface area contributed by atoms with Crippen molar-refractivity contribution in [3.05, 3.63) is 70.0 Å². The summed E-state index contributed by atoms with van der Waals surface area (Å²) in [5.41, 5.74) is 1.85. The summed E-state index contributed by atoms with van der Waals surface area (Å²) in [5, 5.41) is 9.02. The standard InChI is InChI=1S/C22H20F4N2O3/c23-18-10-13(4-5-17(18)22(24,25)26)12-28-9-8-21(20(28)30)7-6-14-2-1-3-15(16(14)11-21)19(29)27-31/h1-5,10,31H,6-9,11-12H2,(H,27,29). The molecule has 1 atom stereocenters. The van der Waals surface area contributed by atoms with Gasteiger partial charge in [-0.15, -0.1) is 0 Å². The fraction of sp³-hybridized carbons (Fsp3) is 0.364. The number of hydrogen-bond donors (Lipinski definition) is 2. The molecule has 1 aliphatic heterocycles. The van der Waals surface area contributed by atoms with Gasteiger partial charge in [0, 0.05) is 18.7 Å². The molecule has 1 spiro atoms. The molecule has 1 heterocycles. The first-order valence-electron chi connectivity index (χ1n) is 9.85. The van der Waals surface area contributed by atoms with Gasteiger partial charge in [-0.1, -0.05) is 18.2 Å². The molecule has 5 nitrogen and oxygen atoms in total. The number of likely N-dealkylation sites (tertiary alicyclic amines) is 1. The van der Waals surface area contributed by atoms with Gasteiger partial charge in [0.05, 0.1) is 11.0 Å². The lowest BCUT2D eigenvalue weighted by atomic mass is 9.69. The molecule has 2 aromatic rings. The van der Waals surface area contributed by atoms with Crippen molar-refractivity contribution in [3.63, 3.8) is 0 Å². The van der Waals surface area contributed by atoms with E-state index in [-0.39, 0.29) is 18.0 Å². The van der Waals surface area contributed by atoms with Crippen molar-refractivity contribution in [2.24, 2.45) is 5.41 Å². The van der Waals surface area contributed by atoms with Gasteiger partial charge < -0.3 is 4.90 Å². The minimum atomic E-state index is -4.77. The fourth-order valence-corrected chi connectivity index (χ4v) is 4.70. The molecule has 2 N–H and O–H groups in total. The second-order valence-corrected chi connectivity index (χ2v) is 8.13. The highest BCUT2D eigenvalue weighted by molar-refractivity contribution is 5.96. The van der Waals surface area contributed by atoms with E-state index in [9.17, 15) is 27.2 Å². The highest BCUT2D eigenvalue weighted by Gasteiger charge is 2.48. The fourth-order valence-electron chi connectivity index (χ4n) is 4.70. The molecule has 0 radical (unpaired) electrons. The van der Waals surface area contributed by atoms with Crippen LogP contribution in [0.3, 0.4) is 0 Å². The number of nitrogens with zero attached hydrogens (tertiary/aromatic N) is 1. The Labute approximate surface area is 175 Å². The average Bonchev–Trinajstić information content (AvgIpc) is 3.01. The smallest absolute Gasteiger partial charge is 0.338 e. The van der Waals surface area contributed by atoms with Gasteiger partial charge in [-0.25, -0.2) is 9.87 Å². The third kappa shape index (κ3) is 3.78. The van der Waals surface area contributed by atoms with Crippen LogP contribution >= 0.6 is 0 Å². The van der Waals surface area contributed by atoms with Gasteiger partial charge in [0.25, 0.3) is 5.91 Å². The van der Waals surface area contributed by atoms with Gasteiger partial charge in [-0.2, -0.15) is 13.2 Å². The zero-order valence-corrected chi connectivity index (χ0v) is 16.4. The molecule has 2 aromatic carbocycles. The molecule has 4 rings (SSSR count). The second-order valence-electron chi connectivity index (χ2n) is 8.13. The highest BCUT2D eigenvalue weighted by atomic mass is 19.4. The molecule has 1 unspecified atom stereocenters. The molecule has 31 heavy (non-hydrogen) atoms.